The Bertz CT molecular complexity index is 275. The number of hydrogen-bond donors (Lipinski definition) is 1. The lowest BCUT2D eigenvalue weighted by Gasteiger charge is -2.05. The molecule has 5 heteroatoms. The highest BCUT2D eigenvalue weighted by Gasteiger charge is 2.05. The maximum absolute atomic E-state index is 5.75. The topological polar surface area (TPSA) is 51.8 Å². The first kappa shape index (κ1) is 9.71. The van der Waals surface area contributed by atoms with E-state index in [-0.39, 0.29) is 6.04 Å². The maximum Gasteiger partial charge on any atom is 0.155 e. The van der Waals surface area contributed by atoms with E-state index in [9.17, 15) is 0 Å². The summed E-state index contributed by atoms with van der Waals surface area (Å²) in [5, 5.41) is 7.96. The van der Waals surface area contributed by atoms with Crippen LogP contribution in [0.3, 0.4) is 0 Å². The van der Waals surface area contributed by atoms with Crippen LogP contribution in [0.2, 0.25) is 10.3 Å². The summed E-state index contributed by atoms with van der Waals surface area (Å²) >= 11 is 11.4. The Balaban J connectivity index is 2.90. The molecular weight excluding hydrogens is 197 g/mol. The molecule has 0 amide bonds. The molecule has 12 heavy (non-hydrogen) atoms. The van der Waals surface area contributed by atoms with Gasteiger partial charge in [-0.2, -0.15) is 0 Å². The van der Waals surface area contributed by atoms with E-state index in [1.54, 1.807) is 6.07 Å². The summed E-state index contributed by atoms with van der Waals surface area (Å²) in [6.07, 6.45) is 0.661. The number of nitrogens with two attached hydrogens (primary N) is 1. The maximum atomic E-state index is 5.75. The second-order valence-corrected chi connectivity index (χ2v) is 3.41. The van der Waals surface area contributed by atoms with Gasteiger partial charge in [0.15, 0.2) is 10.3 Å². The zero-order valence-corrected chi connectivity index (χ0v) is 8.10. The van der Waals surface area contributed by atoms with Gasteiger partial charge in [0.1, 0.15) is 0 Å². The van der Waals surface area contributed by atoms with Gasteiger partial charge in [0, 0.05) is 6.04 Å². The van der Waals surface area contributed by atoms with E-state index in [0.29, 0.717) is 16.7 Å². The Morgan fingerprint density at radius 3 is 2.75 bits per heavy atom. The molecule has 1 heterocycles. The van der Waals surface area contributed by atoms with Crippen LogP contribution in [0.5, 0.6) is 0 Å². The fourth-order valence-corrected chi connectivity index (χ4v) is 1.22. The largest absolute Gasteiger partial charge is 0.328 e. The van der Waals surface area contributed by atoms with Crippen molar-refractivity contribution >= 4 is 23.2 Å². The minimum atomic E-state index is 0.0442. The molecule has 0 bridgehead atoms. The summed E-state index contributed by atoms with van der Waals surface area (Å²) < 4.78 is 0. The van der Waals surface area contributed by atoms with Crippen LogP contribution >= 0.6 is 23.2 Å². The average Bonchev–Trinajstić information content (AvgIpc) is 1.96. The fraction of sp³-hybridized carbons (Fsp3) is 0.429. The molecule has 0 aliphatic carbocycles. The Morgan fingerprint density at radius 2 is 2.17 bits per heavy atom. The molecule has 2 N–H and O–H groups in total. The van der Waals surface area contributed by atoms with Crippen LogP contribution in [0.25, 0.3) is 0 Å². The molecular formula is C7H9Cl2N3. The van der Waals surface area contributed by atoms with E-state index in [1.165, 1.54) is 0 Å². The van der Waals surface area contributed by atoms with Crippen LogP contribution in [0.1, 0.15) is 12.5 Å². The third-order valence-corrected chi connectivity index (χ3v) is 1.84. The first-order chi connectivity index (χ1) is 5.59. The van der Waals surface area contributed by atoms with Crippen molar-refractivity contribution in [3.05, 3.63) is 21.9 Å². The highest BCUT2D eigenvalue weighted by atomic mass is 35.5. The number of halogens is 2. The Morgan fingerprint density at radius 1 is 1.50 bits per heavy atom. The molecule has 3 nitrogen and oxygen atoms in total. The second kappa shape index (κ2) is 4.03. The predicted molar refractivity (Wildman–Crippen MR) is 49.4 cm³/mol. The van der Waals surface area contributed by atoms with Gasteiger partial charge >= 0.3 is 0 Å². The van der Waals surface area contributed by atoms with Gasteiger partial charge in [0.05, 0.1) is 0 Å². The van der Waals surface area contributed by atoms with Crippen LogP contribution in [0, 0.1) is 0 Å². The van der Waals surface area contributed by atoms with Gasteiger partial charge in [-0.1, -0.05) is 23.2 Å². The molecule has 0 saturated heterocycles. The van der Waals surface area contributed by atoms with Crippen molar-refractivity contribution in [2.45, 2.75) is 19.4 Å². The molecule has 0 aliphatic heterocycles. The second-order valence-electron chi connectivity index (χ2n) is 2.66. The normalized spacial score (nSPS) is 13.0. The third kappa shape index (κ3) is 2.59. The van der Waals surface area contributed by atoms with Crippen LogP contribution in [0.4, 0.5) is 0 Å². The van der Waals surface area contributed by atoms with Gasteiger partial charge in [-0.05, 0) is 25.0 Å². The summed E-state index contributed by atoms with van der Waals surface area (Å²) in [6.45, 7) is 1.89. The Labute approximate surface area is 80.9 Å². The third-order valence-electron chi connectivity index (χ3n) is 1.33. The molecule has 0 saturated carbocycles. The predicted octanol–water partition coefficient (Wildman–Crippen LogP) is 1.67. The highest BCUT2D eigenvalue weighted by Crippen LogP contribution is 2.16. The number of nitrogens with zero attached hydrogens (tertiary/aromatic N) is 2. The van der Waals surface area contributed by atoms with Crippen LogP contribution in [-0.4, -0.2) is 16.2 Å². The number of rotatable bonds is 2. The minimum absolute atomic E-state index is 0.0442. The van der Waals surface area contributed by atoms with Gasteiger partial charge in [0.2, 0.25) is 0 Å². The van der Waals surface area contributed by atoms with Crippen molar-refractivity contribution in [1.29, 1.82) is 0 Å². The molecule has 0 radical (unpaired) electrons. The molecule has 0 aliphatic rings. The molecule has 0 aromatic carbocycles. The van der Waals surface area contributed by atoms with E-state index < -0.39 is 0 Å². The minimum Gasteiger partial charge on any atom is -0.328 e. The Hall–Kier alpha value is -0.380. The first-order valence-electron chi connectivity index (χ1n) is 3.53. The Kier molecular flexibility index (Phi) is 3.26. The van der Waals surface area contributed by atoms with Gasteiger partial charge in [0.25, 0.3) is 0 Å². The standard InChI is InChI=1S/C7H9Cl2N3/c1-4(10)2-5-3-6(8)11-12-7(5)9/h3-4H,2,10H2,1H3/t4-/m1/s1. The van der Waals surface area contributed by atoms with Gasteiger partial charge in [-0.15, -0.1) is 10.2 Å². The summed E-state index contributed by atoms with van der Waals surface area (Å²) in [4.78, 5) is 0. The number of aromatic nitrogens is 2. The molecule has 0 unspecified atom stereocenters. The van der Waals surface area contributed by atoms with E-state index in [1.807, 2.05) is 6.92 Å². The van der Waals surface area contributed by atoms with Crippen LogP contribution < -0.4 is 5.73 Å². The lowest BCUT2D eigenvalue weighted by Crippen LogP contribution is -2.18. The van der Waals surface area contributed by atoms with Crippen molar-refractivity contribution in [2.24, 2.45) is 5.73 Å². The van der Waals surface area contributed by atoms with Crippen molar-refractivity contribution in [2.75, 3.05) is 0 Å². The summed E-state index contributed by atoms with van der Waals surface area (Å²) in [7, 11) is 0. The van der Waals surface area contributed by atoms with Gasteiger partial charge < -0.3 is 5.73 Å². The fourth-order valence-electron chi connectivity index (χ4n) is 0.878. The lowest BCUT2D eigenvalue weighted by molar-refractivity contribution is 0.732. The highest BCUT2D eigenvalue weighted by molar-refractivity contribution is 6.31. The quantitative estimate of drug-likeness (QED) is 0.800. The monoisotopic (exact) mass is 205 g/mol. The van der Waals surface area contributed by atoms with E-state index in [4.69, 9.17) is 28.9 Å². The van der Waals surface area contributed by atoms with Crippen molar-refractivity contribution in [3.8, 4) is 0 Å². The average molecular weight is 206 g/mol. The SMILES string of the molecule is C[C@@H](N)Cc1cc(Cl)nnc1Cl. The molecule has 0 spiro atoms. The molecule has 1 aromatic heterocycles. The first-order valence-corrected chi connectivity index (χ1v) is 4.28. The smallest absolute Gasteiger partial charge is 0.155 e. The van der Waals surface area contributed by atoms with Crippen LogP contribution in [-0.2, 0) is 6.42 Å². The molecule has 0 fully saturated rings. The van der Waals surface area contributed by atoms with E-state index in [2.05, 4.69) is 10.2 Å². The molecule has 1 atom stereocenters. The van der Waals surface area contributed by atoms with Gasteiger partial charge in [-0.3, -0.25) is 0 Å². The van der Waals surface area contributed by atoms with Crippen LogP contribution in [0.15, 0.2) is 6.07 Å². The van der Waals surface area contributed by atoms with Gasteiger partial charge in [-0.25, -0.2) is 0 Å². The molecule has 1 rings (SSSR count). The van der Waals surface area contributed by atoms with E-state index in [0.717, 1.165) is 5.56 Å². The van der Waals surface area contributed by atoms with Crippen molar-refractivity contribution in [3.63, 3.8) is 0 Å². The zero-order chi connectivity index (χ0) is 9.14. The summed E-state index contributed by atoms with van der Waals surface area (Å²) in [6, 6.07) is 1.73. The molecule has 1 aromatic rings. The molecule has 66 valence electrons. The summed E-state index contributed by atoms with van der Waals surface area (Å²) in [5.74, 6) is 0. The zero-order valence-electron chi connectivity index (χ0n) is 6.59. The summed E-state index contributed by atoms with van der Waals surface area (Å²) in [5.41, 5.74) is 6.43. The van der Waals surface area contributed by atoms with Crippen molar-refractivity contribution in [1.82, 2.24) is 10.2 Å². The number of hydrogen-bond acceptors (Lipinski definition) is 3. The van der Waals surface area contributed by atoms with Crippen molar-refractivity contribution < 1.29 is 0 Å². The van der Waals surface area contributed by atoms with E-state index >= 15 is 0 Å². The lowest BCUT2D eigenvalue weighted by atomic mass is 10.1.